The number of ether oxygens (including phenoxy) is 2. The fraction of sp³-hybridized carbons (Fsp3) is 0.615. The van der Waals surface area contributed by atoms with Crippen LogP contribution in [0.4, 0.5) is 5.95 Å². The highest BCUT2D eigenvalue weighted by Gasteiger charge is 2.47. The third kappa shape index (κ3) is 2.23. The van der Waals surface area contributed by atoms with Crippen molar-refractivity contribution in [2.75, 3.05) is 25.7 Å². The van der Waals surface area contributed by atoms with Crippen molar-refractivity contribution in [2.45, 2.75) is 31.7 Å². The molecule has 1 saturated heterocycles. The number of carboxylic acids is 1. The second-order valence-corrected chi connectivity index (χ2v) is 4.70. The molecule has 1 aromatic rings. The van der Waals surface area contributed by atoms with E-state index >= 15 is 0 Å². The lowest BCUT2D eigenvalue weighted by atomic mass is 9.93. The van der Waals surface area contributed by atoms with Crippen LogP contribution in [0, 0.1) is 0 Å². The van der Waals surface area contributed by atoms with Crippen LogP contribution >= 0.6 is 0 Å². The maximum Gasteiger partial charge on any atom is 0.329 e. The molecule has 110 valence electrons. The average Bonchev–Trinajstić information content (AvgIpc) is 2.91. The predicted octanol–water partition coefficient (Wildman–Crippen LogP) is 1.33. The summed E-state index contributed by atoms with van der Waals surface area (Å²) in [6.45, 7) is 2.47. The third-order valence-corrected chi connectivity index (χ3v) is 3.80. The molecule has 0 spiro atoms. The molecule has 1 unspecified atom stereocenters. The standard InChI is InChI=1S/C13H19N3O4/c1-4-13(11(17)18)6-5-7-16(13)12-14-9(19-2)8-10(15-12)20-3/h8H,4-7H2,1-3H3,(H,17,18). The molecular formula is C13H19N3O4. The molecule has 0 bridgehead atoms. The van der Waals surface area contributed by atoms with Crippen LogP contribution in [0.5, 0.6) is 11.8 Å². The minimum Gasteiger partial charge on any atom is -0.481 e. The van der Waals surface area contributed by atoms with Crippen molar-refractivity contribution in [3.8, 4) is 11.8 Å². The van der Waals surface area contributed by atoms with Gasteiger partial charge in [-0.1, -0.05) is 6.92 Å². The molecule has 20 heavy (non-hydrogen) atoms. The van der Waals surface area contributed by atoms with Gasteiger partial charge in [-0.15, -0.1) is 0 Å². The summed E-state index contributed by atoms with van der Waals surface area (Å²) in [6, 6.07) is 1.56. The molecule has 0 radical (unpaired) electrons. The summed E-state index contributed by atoms with van der Waals surface area (Å²) in [5.74, 6) is 0.203. The van der Waals surface area contributed by atoms with Gasteiger partial charge in [-0.05, 0) is 19.3 Å². The number of hydrogen-bond acceptors (Lipinski definition) is 6. The first kappa shape index (κ1) is 14.4. The van der Waals surface area contributed by atoms with Crippen molar-refractivity contribution in [2.24, 2.45) is 0 Å². The van der Waals surface area contributed by atoms with Crippen LogP contribution in [-0.4, -0.2) is 47.3 Å². The molecule has 1 N–H and O–H groups in total. The second-order valence-electron chi connectivity index (χ2n) is 4.70. The zero-order valence-corrected chi connectivity index (χ0v) is 11.9. The Labute approximate surface area is 117 Å². The lowest BCUT2D eigenvalue weighted by Gasteiger charge is -2.33. The summed E-state index contributed by atoms with van der Waals surface area (Å²) in [4.78, 5) is 21.9. The number of hydrogen-bond donors (Lipinski definition) is 1. The Bertz CT molecular complexity index is 486. The lowest BCUT2D eigenvalue weighted by Crippen LogP contribution is -2.51. The van der Waals surface area contributed by atoms with E-state index in [1.807, 2.05) is 6.92 Å². The quantitative estimate of drug-likeness (QED) is 0.871. The van der Waals surface area contributed by atoms with E-state index in [0.717, 1.165) is 6.42 Å². The summed E-state index contributed by atoms with van der Waals surface area (Å²) in [5.41, 5.74) is -0.947. The largest absolute Gasteiger partial charge is 0.481 e. The van der Waals surface area contributed by atoms with Crippen molar-refractivity contribution < 1.29 is 19.4 Å². The molecule has 1 aliphatic heterocycles. The minimum absolute atomic E-state index is 0.336. The van der Waals surface area contributed by atoms with Gasteiger partial charge >= 0.3 is 5.97 Å². The number of carbonyl (C=O) groups is 1. The Morgan fingerprint density at radius 2 is 2.00 bits per heavy atom. The van der Waals surface area contributed by atoms with Gasteiger partial charge in [0.05, 0.1) is 20.3 Å². The highest BCUT2D eigenvalue weighted by Crippen LogP contribution is 2.36. The lowest BCUT2D eigenvalue weighted by molar-refractivity contribution is -0.143. The summed E-state index contributed by atoms with van der Waals surface area (Å²) in [7, 11) is 3.00. The maximum atomic E-state index is 11.7. The van der Waals surface area contributed by atoms with E-state index in [9.17, 15) is 9.90 Å². The van der Waals surface area contributed by atoms with Gasteiger partial charge in [0, 0.05) is 6.54 Å². The molecule has 7 nitrogen and oxygen atoms in total. The van der Waals surface area contributed by atoms with Crippen LogP contribution in [-0.2, 0) is 4.79 Å². The summed E-state index contributed by atoms with van der Waals surface area (Å²) in [5, 5.41) is 9.59. The van der Waals surface area contributed by atoms with Crippen LogP contribution in [0.2, 0.25) is 0 Å². The first-order valence-electron chi connectivity index (χ1n) is 6.55. The topological polar surface area (TPSA) is 84.8 Å². The molecule has 2 heterocycles. The zero-order chi connectivity index (χ0) is 14.8. The van der Waals surface area contributed by atoms with Crippen LogP contribution in [0.15, 0.2) is 6.07 Å². The zero-order valence-electron chi connectivity index (χ0n) is 11.9. The molecule has 7 heteroatoms. The Hall–Kier alpha value is -2.05. The Morgan fingerprint density at radius 1 is 1.40 bits per heavy atom. The molecule has 1 atom stereocenters. The molecule has 1 aliphatic rings. The van der Waals surface area contributed by atoms with Crippen LogP contribution in [0.25, 0.3) is 0 Å². The first-order valence-corrected chi connectivity index (χ1v) is 6.55. The number of anilines is 1. The molecule has 0 aliphatic carbocycles. The monoisotopic (exact) mass is 281 g/mol. The van der Waals surface area contributed by atoms with E-state index in [0.29, 0.717) is 37.1 Å². The van der Waals surface area contributed by atoms with Crippen molar-refractivity contribution in [1.29, 1.82) is 0 Å². The van der Waals surface area contributed by atoms with Gasteiger partial charge in [0.15, 0.2) is 0 Å². The fourth-order valence-electron chi connectivity index (χ4n) is 2.63. The summed E-state index contributed by atoms with van der Waals surface area (Å²) >= 11 is 0. The van der Waals surface area contributed by atoms with E-state index in [4.69, 9.17) is 9.47 Å². The van der Waals surface area contributed by atoms with Gasteiger partial charge in [0.25, 0.3) is 0 Å². The second kappa shape index (κ2) is 5.52. The van der Waals surface area contributed by atoms with Crippen molar-refractivity contribution in [3.63, 3.8) is 0 Å². The minimum atomic E-state index is -0.947. The molecule has 0 amide bonds. The van der Waals surface area contributed by atoms with Crippen molar-refractivity contribution in [3.05, 3.63) is 6.07 Å². The van der Waals surface area contributed by atoms with Gasteiger partial charge in [0.2, 0.25) is 17.7 Å². The molecular weight excluding hydrogens is 262 g/mol. The predicted molar refractivity (Wildman–Crippen MR) is 72.4 cm³/mol. The van der Waals surface area contributed by atoms with Gasteiger partial charge in [0.1, 0.15) is 5.54 Å². The van der Waals surface area contributed by atoms with E-state index in [1.54, 1.807) is 11.0 Å². The number of rotatable bonds is 5. The molecule has 0 aromatic carbocycles. The molecule has 1 fully saturated rings. The smallest absolute Gasteiger partial charge is 0.329 e. The SMILES string of the molecule is CCC1(C(=O)O)CCCN1c1nc(OC)cc(OC)n1. The molecule has 2 rings (SSSR count). The van der Waals surface area contributed by atoms with Gasteiger partial charge in [-0.25, -0.2) is 4.79 Å². The van der Waals surface area contributed by atoms with Gasteiger partial charge in [-0.3, -0.25) is 0 Å². The van der Waals surface area contributed by atoms with E-state index < -0.39 is 11.5 Å². The summed E-state index contributed by atoms with van der Waals surface area (Å²) < 4.78 is 10.2. The van der Waals surface area contributed by atoms with Gasteiger partial charge < -0.3 is 19.5 Å². The Balaban J connectivity index is 2.46. The number of carboxylic acid groups (broad SMARTS) is 1. The van der Waals surface area contributed by atoms with Crippen LogP contribution in [0.1, 0.15) is 26.2 Å². The first-order chi connectivity index (χ1) is 9.57. The Morgan fingerprint density at radius 3 is 2.45 bits per heavy atom. The summed E-state index contributed by atoms with van der Waals surface area (Å²) in [6.07, 6.45) is 1.87. The normalized spacial score (nSPS) is 21.9. The maximum absolute atomic E-state index is 11.7. The highest BCUT2D eigenvalue weighted by molar-refractivity contribution is 5.83. The van der Waals surface area contributed by atoms with Crippen LogP contribution < -0.4 is 14.4 Å². The van der Waals surface area contributed by atoms with E-state index in [2.05, 4.69) is 9.97 Å². The van der Waals surface area contributed by atoms with E-state index in [-0.39, 0.29) is 0 Å². The van der Waals surface area contributed by atoms with Crippen LogP contribution in [0.3, 0.4) is 0 Å². The third-order valence-electron chi connectivity index (χ3n) is 3.80. The molecule has 0 saturated carbocycles. The molecule has 1 aromatic heterocycles. The number of nitrogens with zero attached hydrogens (tertiary/aromatic N) is 3. The van der Waals surface area contributed by atoms with Crippen molar-refractivity contribution in [1.82, 2.24) is 9.97 Å². The fourth-order valence-corrected chi connectivity index (χ4v) is 2.63. The average molecular weight is 281 g/mol. The number of aromatic nitrogens is 2. The van der Waals surface area contributed by atoms with E-state index in [1.165, 1.54) is 14.2 Å². The van der Waals surface area contributed by atoms with Crippen molar-refractivity contribution >= 4 is 11.9 Å². The Kier molecular flexibility index (Phi) is 3.96. The number of methoxy groups -OCH3 is 2. The van der Waals surface area contributed by atoms with Gasteiger partial charge in [-0.2, -0.15) is 9.97 Å². The highest BCUT2D eigenvalue weighted by atomic mass is 16.5. The number of aliphatic carboxylic acids is 1.